The van der Waals surface area contributed by atoms with Crippen molar-refractivity contribution in [2.45, 2.75) is 6.42 Å². The second kappa shape index (κ2) is 8.84. The van der Waals surface area contributed by atoms with Gasteiger partial charge in [0.05, 0.1) is 16.8 Å². The fraction of sp³-hybridized carbons (Fsp3) is 0.0952. The Balaban J connectivity index is 1.56. The molecule has 3 rings (SSSR count). The maximum atomic E-state index is 12.2. The summed E-state index contributed by atoms with van der Waals surface area (Å²) >= 11 is 5.95. The first-order chi connectivity index (χ1) is 13.2. The molecule has 1 amide bonds. The number of carbonyl (C=O) groups is 1. The van der Waals surface area contributed by atoms with Crippen LogP contribution in [0.2, 0.25) is 5.02 Å². The van der Waals surface area contributed by atoms with Gasteiger partial charge in [0.1, 0.15) is 11.9 Å². The fourth-order valence-corrected chi connectivity index (χ4v) is 2.76. The Morgan fingerprint density at radius 3 is 2.70 bits per heavy atom. The van der Waals surface area contributed by atoms with Crippen molar-refractivity contribution in [2.75, 3.05) is 11.9 Å². The summed E-state index contributed by atoms with van der Waals surface area (Å²) in [6.07, 6.45) is 2.20. The molecule has 3 aromatic rings. The normalized spacial score (nSPS) is 10.1. The van der Waals surface area contributed by atoms with Crippen molar-refractivity contribution in [1.82, 2.24) is 10.3 Å². The standard InChI is InChI=1S/C21H17ClN4O/c22-18-6-3-4-15(12-18)10-11-24-21(27)17-8-9-20(25-14-17)26-19-7-2-1-5-16(19)13-23/h1-9,12,14H,10-11H2,(H,24,27)(H,25,26). The summed E-state index contributed by atoms with van der Waals surface area (Å²) in [6, 6.07) is 20.3. The van der Waals surface area contributed by atoms with Gasteiger partial charge in [-0.2, -0.15) is 5.26 Å². The summed E-state index contributed by atoms with van der Waals surface area (Å²) in [5, 5.41) is 15.8. The number of amides is 1. The average molecular weight is 377 g/mol. The molecule has 2 N–H and O–H groups in total. The van der Waals surface area contributed by atoms with Gasteiger partial charge in [-0.1, -0.05) is 35.9 Å². The molecule has 0 radical (unpaired) electrons. The topological polar surface area (TPSA) is 77.8 Å². The van der Waals surface area contributed by atoms with E-state index in [1.54, 1.807) is 30.3 Å². The van der Waals surface area contributed by atoms with E-state index >= 15 is 0 Å². The predicted molar refractivity (Wildman–Crippen MR) is 106 cm³/mol. The van der Waals surface area contributed by atoms with Gasteiger partial charge in [-0.3, -0.25) is 4.79 Å². The summed E-state index contributed by atoms with van der Waals surface area (Å²) in [5.41, 5.74) is 2.74. The van der Waals surface area contributed by atoms with E-state index in [4.69, 9.17) is 16.9 Å². The van der Waals surface area contributed by atoms with E-state index in [1.807, 2.05) is 30.3 Å². The zero-order valence-corrected chi connectivity index (χ0v) is 15.2. The van der Waals surface area contributed by atoms with Crippen LogP contribution in [0.4, 0.5) is 11.5 Å². The van der Waals surface area contributed by atoms with Gasteiger partial charge in [0.25, 0.3) is 5.91 Å². The van der Waals surface area contributed by atoms with Crippen LogP contribution in [0.15, 0.2) is 66.9 Å². The van der Waals surface area contributed by atoms with Gasteiger partial charge in [0, 0.05) is 17.8 Å². The van der Waals surface area contributed by atoms with Crippen molar-refractivity contribution in [3.05, 3.63) is 88.6 Å². The summed E-state index contributed by atoms with van der Waals surface area (Å²) in [5.74, 6) is 0.377. The molecule has 0 unspecified atom stereocenters. The number of para-hydroxylation sites is 1. The van der Waals surface area contributed by atoms with E-state index in [0.717, 1.165) is 5.56 Å². The number of nitrogens with one attached hydrogen (secondary N) is 2. The lowest BCUT2D eigenvalue weighted by atomic mass is 10.1. The monoisotopic (exact) mass is 376 g/mol. The molecule has 0 saturated carbocycles. The highest BCUT2D eigenvalue weighted by molar-refractivity contribution is 6.30. The van der Waals surface area contributed by atoms with E-state index in [2.05, 4.69) is 21.7 Å². The van der Waals surface area contributed by atoms with Crippen LogP contribution in [0.25, 0.3) is 0 Å². The van der Waals surface area contributed by atoms with E-state index in [1.165, 1.54) is 6.20 Å². The molecule has 6 heteroatoms. The van der Waals surface area contributed by atoms with Gasteiger partial charge in [-0.15, -0.1) is 0 Å². The minimum atomic E-state index is -0.187. The maximum Gasteiger partial charge on any atom is 0.252 e. The number of benzene rings is 2. The number of hydrogen-bond acceptors (Lipinski definition) is 4. The fourth-order valence-electron chi connectivity index (χ4n) is 2.54. The number of carbonyl (C=O) groups excluding carboxylic acids is 1. The number of nitriles is 1. The molecule has 1 heterocycles. The van der Waals surface area contributed by atoms with Crippen molar-refractivity contribution >= 4 is 29.0 Å². The van der Waals surface area contributed by atoms with Crippen LogP contribution in [-0.2, 0) is 6.42 Å². The van der Waals surface area contributed by atoms with E-state index in [-0.39, 0.29) is 5.91 Å². The first kappa shape index (κ1) is 18.4. The Morgan fingerprint density at radius 2 is 1.96 bits per heavy atom. The lowest BCUT2D eigenvalue weighted by Crippen LogP contribution is -2.25. The smallest absolute Gasteiger partial charge is 0.252 e. The molecular formula is C21H17ClN4O. The maximum absolute atomic E-state index is 12.2. The second-order valence-electron chi connectivity index (χ2n) is 5.85. The highest BCUT2D eigenvalue weighted by Crippen LogP contribution is 2.18. The molecule has 0 aliphatic heterocycles. The zero-order valence-electron chi connectivity index (χ0n) is 14.4. The SMILES string of the molecule is N#Cc1ccccc1Nc1ccc(C(=O)NCCc2cccc(Cl)c2)cn1. The predicted octanol–water partition coefficient (Wildman–Crippen LogP) is 4.32. The Labute approximate surface area is 162 Å². The molecule has 1 aromatic heterocycles. The lowest BCUT2D eigenvalue weighted by molar-refractivity contribution is 0.0954. The molecule has 0 fully saturated rings. The number of pyridine rings is 1. The van der Waals surface area contributed by atoms with Gasteiger partial charge in [0.15, 0.2) is 0 Å². The molecule has 0 aliphatic carbocycles. The van der Waals surface area contributed by atoms with Crippen molar-refractivity contribution < 1.29 is 4.79 Å². The van der Waals surface area contributed by atoms with Crippen LogP contribution in [0.3, 0.4) is 0 Å². The van der Waals surface area contributed by atoms with E-state index in [9.17, 15) is 4.79 Å². The third-order valence-corrected chi connectivity index (χ3v) is 4.16. The van der Waals surface area contributed by atoms with Gasteiger partial charge in [-0.25, -0.2) is 4.98 Å². The van der Waals surface area contributed by atoms with Crippen LogP contribution in [-0.4, -0.2) is 17.4 Å². The van der Waals surface area contributed by atoms with Crippen LogP contribution in [0, 0.1) is 11.3 Å². The van der Waals surface area contributed by atoms with Gasteiger partial charge in [0.2, 0.25) is 0 Å². The number of aromatic nitrogens is 1. The minimum Gasteiger partial charge on any atom is -0.352 e. The second-order valence-corrected chi connectivity index (χ2v) is 6.29. The number of nitrogens with zero attached hydrogens (tertiary/aromatic N) is 2. The Bertz CT molecular complexity index is 980. The molecule has 0 bridgehead atoms. The Kier molecular flexibility index (Phi) is 6.03. The molecule has 0 spiro atoms. The number of anilines is 2. The molecule has 5 nitrogen and oxygen atoms in total. The van der Waals surface area contributed by atoms with Gasteiger partial charge in [-0.05, 0) is 48.4 Å². The molecule has 0 aliphatic rings. The van der Waals surface area contributed by atoms with Crippen molar-refractivity contribution in [3.8, 4) is 6.07 Å². The molecule has 27 heavy (non-hydrogen) atoms. The Morgan fingerprint density at radius 1 is 1.11 bits per heavy atom. The Hall–Kier alpha value is -3.36. The molecule has 0 atom stereocenters. The summed E-state index contributed by atoms with van der Waals surface area (Å²) < 4.78 is 0. The van der Waals surface area contributed by atoms with Crippen molar-refractivity contribution in [3.63, 3.8) is 0 Å². The quantitative estimate of drug-likeness (QED) is 0.671. The lowest BCUT2D eigenvalue weighted by Gasteiger charge is -2.09. The average Bonchev–Trinajstić information content (AvgIpc) is 2.69. The van der Waals surface area contributed by atoms with Crippen LogP contribution in [0.5, 0.6) is 0 Å². The van der Waals surface area contributed by atoms with Crippen molar-refractivity contribution in [1.29, 1.82) is 5.26 Å². The van der Waals surface area contributed by atoms with E-state index < -0.39 is 0 Å². The third-order valence-electron chi connectivity index (χ3n) is 3.92. The molecule has 134 valence electrons. The molecule has 0 saturated heterocycles. The summed E-state index contributed by atoms with van der Waals surface area (Å²) in [4.78, 5) is 16.5. The number of hydrogen-bond donors (Lipinski definition) is 2. The third kappa shape index (κ3) is 5.06. The van der Waals surface area contributed by atoms with Gasteiger partial charge >= 0.3 is 0 Å². The largest absolute Gasteiger partial charge is 0.352 e. The van der Waals surface area contributed by atoms with E-state index in [0.29, 0.717) is 40.6 Å². The highest BCUT2D eigenvalue weighted by atomic mass is 35.5. The van der Waals surface area contributed by atoms with Gasteiger partial charge < -0.3 is 10.6 Å². The highest BCUT2D eigenvalue weighted by Gasteiger charge is 2.07. The number of rotatable bonds is 6. The minimum absolute atomic E-state index is 0.187. The van der Waals surface area contributed by atoms with Crippen LogP contribution in [0.1, 0.15) is 21.5 Å². The summed E-state index contributed by atoms with van der Waals surface area (Å²) in [7, 11) is 0. The van der Waals surface area contributed by atoms with Crippen LogP contribution < -0.4 is 10.6 Å². The molecule has 2 aromatic carbocycles. The first-order valence-corrected chi connectivity index (χ1v) is 8.78. The first-order valence-electron chi connectivity index (χ1n) is 8.40. The van der Waals surface area contributed by atoms with Crippen molar-refractivity contribution in [2.24, 2.45) is 0 Å². The molecular weight excluding hydrogens is 360 g/mol. The van der Waals surface area contributed by atoms with Crippen LogP contribution >= 0.6 is 11.6 Å². The zero-order chi connectivity index (χ0) is 19.1. The summed E-state index contributed by atoms with van der Waals surface area (Å²) in [6.45, 7) is 0.509. The number of halogens is 1.